The van der Waals surface area contributed by atoms with Crippen LogP contribution in [0.4, 0.5) is 0 Å². The molecule has 7 nitrogen and oxygen atoms in total. The quantitative estimate of drug-likeness (QED) is 0.765. The van der Waals surface area contributed by atoms with Crippen molar-refractivity contribution in [3.8, 4) is 0 Å². The molecule has 1 amide bonds. The number of benzene rings is 1. The monoisotopic (exact) mass is 334 g/mol. The highest BCUT2D eigenvalue weighted by atomic mass is 16.5. The first kappa shape index (κ1) is 17.9. The summed E-state index contributed by atoms with van der Waals surface area (Å²) >= 11 is 0. The van der Waals surface area contributed by atoms with E-state index in [1.54, 1.807) is 0 Å². The van der Waals surface area contributed by atoms with Gasteiger partial charge in [-0.25, -0.2) is 4.79 Å². The van der Waals surface area contributed by atoms with E-state index in [0.717, 1.165) is 5.56 Å². The molecule has 2 N–H and O–H groups in total. The molecule has 1 aromatic carbocycles. The third-order valence-corrected chi connectivity index (χ3v) is 3.96. The van der Waals surface area contributed by atoms with Gasteiger partial charge in [0.25, 0.3) is 0 Å². The summed E-state index contributed by atoms with van der Waals surface area (Å²) in [5.41, 5.74) is 6.64. The number of likely N-dealkylation sites (tertiary alicyclic amines) is 1. The Kier molecular flexibility index (Phi) is 6.31. The fraction of sp³-hybridized carbons (Fsp3) is 0.471. The first-order valence-electron chi connectivity index (χ1n) is 7.86. The molecule has 0 bridgehead atoms. The minimum Gasteiger partial charge on any atom is -0.469 e. The maximum absolute atomic E-state index is 12.4. The summed E-state index contributed by atoms with van der Waals surface area (Å²) in [5, 5.41) is 0. The SMILES string of the molecule is COC(=O)C[C@H](N)C(=O)N1CCC[C@H]1C(=O)OCc1ccccc1. The van der Waals surface area contributed by atoms with Crippen LogP contribution in [0.25, 0.3) is 0 Å². The Balaban J connectivity index is 1.92. The molecule has 2 atom stereocenters. The zero-order chi connectivity index (χ0) is 17.5. The van der Waals surface area contributed by atoms with Crippen molar-refractivity contribution >= 4 is 17.8 Å². The molecule has 0 radical (unpaired) electrons. The highest BCUT2D eigenvalue weighted by Gasteiger charge is 2.37. The Morgan fingerprint density at radius 2 is 2.00 bits per heavy atom. The number of amides is 1. The van der Waals surface area contributed by atoms with Crippen molar-refractivity contribution in [2.24, 2.45) is 5.73 Å². The lowest BCUT2D eigenvalue weighted by Gasteiger charge is -2.25. The molecule has 1 fully saturated rings. The lowest BCUT2D eigenvalue weighted by atomic mass is 10.1. The van der Waals surface area contributed by atoms with Gasteiger partial charge in [0.2, 0.25) is 5.91 Å². The summed E-state index contributed by atoms with van der Waals surface area (Å²) in [6.07, 6.45) is 1.02. The lowest BCUT2D eigenvalue weighted by Crippen LogP contribution is -2.49. The second-order valence-electron chi connectivity index (χ2n) is 5.67. The number of hydrogen-bond acceptors (Lipinski definition) is 6. The van der Waals surface area contributed by atoms with Crippen LogP contribution >= 0.6 is 0 Å². The van der Waals surface area contributed by atoms with Gasteiger partial charge < -0.3 is 20.1 Å². The van der Waals surface area contributed by atoms with Gasteiger partial charge in [0.05, 0.1) is 19.6 Å². The van der Waals surface area contributed by atoms with Crippen LogP contribution in [0.5, 0.6) is 0 Å². The molecule has 0 aliphatic carbocycles. The van der Waals surface area contributed by atoms with Crippen molar-refractivity contribution in [2.45, 2.75) is 38.0 Å². The van der Waals surface area contributed by atoms with Gasteiger partial charge in [0.15, 0.2) is 0 Å². The summed E-state index contributed by atoms with van der Waals surface area (Å²) in [5.74, 6) is -1.44. The van der Waals surface area contributed by atoms with Crippen molar-refractivity contribution in [3.05, 3.63) is 35.9 Å². The average molecular weight is 334 g/mol. The van der Waals surface area contributed by atoms with Crippen molar-refractivity contribution in [1.29, 1.82) is 0 Å². The molecule has 1 heterocycles. The van der Waals surface area contributed by atoms with Crippen LogP contribution in [0.2, 0.25) is 0 Å². The maximum atomic E-state index is 12.4. The molecule has 130 valence electrons. The zero-order valence-electron chi connectivity index (χ0n) is 13.6. The van der Waals surface area contributed by atoms with Crippen molar-refractivity contribution in [3.63, 3.8) is 0 Å². The Morgan fingerprint density at radius 3 is 2.67 bits per heavy atom. The van der Waals surface area contributed by atoms with E-state index in [1.807, 2.05) is 30.3 Å². The van der Waals surface area contributed by atoms with E-state index in [4.69, 9.17) is 10.5 Å². The molecular weight excluding hydrogens is 312 g/mol. The molecule has 24 heavy (non-hydrogen) atoms. The van der Waals surface area contributed by atoms with Crippen molar-refractivity contribution < 1.29 is 23.9 Å². The number of nitrogens with zero attached hydrogens (tertiary/aromatic N) is 1. The van der Waals surface area contributed by atoms with Gasteiger partial charge in [-0.15, -0.1) is 0 Å². The number of carbonyl (C=O) groups excluding carboxylic acids is 3. The number of methoxy groups -OCH3 is 1. The number of rotatable bonds is 6. The predicted molar refractivity (Wildman–Crippen MR) is 85.6 cm³/mol. The molecule has 1 aliphatic rings. The summed E-state index contributed by atoms with van der Waals surface area (Å²) in [6, 6.07) is 7.66. The number of nitrogens with two attached hydrogens (primary N) is 1. The smallest absolute Gasteiger partial charge is 0.329 e. The molecule has 0 saturated carbocycles. The van der Waals surface area contributed by atoms with E-state index in [0.29, 0.717) is 19.4 Å². The number of carbonyl (C=O) groups is 3. The van der Waals surface area contributed by atoms with Crippen LogP contribution in [-0.2, 0) is 30.5 Å². The van der Waals surface area contributed by atoms with E-state index in [9.17, 15) is 14.4 Å². The van der Waals surface area contributed by atoms with Crippen LogP contribution in [-0.4, -0.2) is 48.5 Å². The zero-order valence-corrected chi connectivity index (χ0v) is 13.6. The number of hydrogen-bond donors (Lipinski definition) is 1. The Bertz CT molecular complexity index is 590. The molecule has 0 unspecified atom stereocenters. The molecule has 0 spiro atoms. The van der Waals surface area contributed by atoms with Gasteiger partial charge in [-0.1, -0.05) is 30.3 Å². The Hall–Kier alpha value is -2.41. The van der Waals surface area contributed by atoms with Crippen LogP contribution in [0, 0.1) is 0 Å². The van der Waals surface area contributed by atoms with Gasteiger partial charge >= 0.3 is 11.9 Å². The summed E-state index contributed by atoms with van der Waals surface area (Å²) in [4.78, 5) is 37.3. The van der Waals surface area contributed by atoms with E-state index >= 15 is 0 Å². The molecule has 1 aliphatic heterocycles. The molecule has 0 aromatic heterocycles. The maximum Gasteiger partial charge on any atom is 0.329 e. The normalized spacial score (nSPS) is 18.1. The highest BCUT2D eigenvalue weighted by molar-refractivity contribution is 5.90. The fourth-order valence-electron chi connectivity index (χ4n) is 2.66. The molecule has 7 heteroatoms. The van der Waals surface area contributed by atoms with E-state index in [2.05, 4.69) is 4.74 Å². The first-order chi connectivity index (χ1) is 11.5. The Morgan fingerprint density at radius 1 is 1.29 bits per heavy atom. The van der Waals surface area contributed by atoms with Gasteiger partial charge in [-0.05, 0) is 18.4 Å². The highest BCUT2D eigenvalue weighted by Crippen LogP contribution is 2.20. The number of esters is 2. The van der Waals surface area contributed by atoms with Crippen molar-refractivity contribution in [1.82, 2.24) is 4.90 Å². The van der Waals surface area contributed by atoms with Crippen LogP contribution in [0.15, 0.2) is 30.3 Å². The second kappa shape index (κ2) is 8.44. The predicted octanol–water partition coefficient (Wildman–Crippen LogP) is 0.611. The van der Waals surface area contributed by atoms with Crippen LogP contribution < -0.4 is 5.73 Å². The van der Waals surface area contributed by atoms with Gasteiger partial charge in [-0.3, -0.25) is 9.59 Å². The third kappa shape index (κ3) is 4.55. The first-order valence-corrected chi connectivity index (χ1v) is 7.86. The number of ether oxygens (including phenoxy) is 2. The standard InChI is InChI=1S/C17H22N2O5/c1-23-15(20)10-13(18)16(21)19-9-5-8-14(19)17(22)24-11-12-6-3-2-4-7-12/h2-4,6-7,13-14H,5,8-11,18H2,1H3/t13-,14-/m0/s1. The van der Waals surface area contributed by atoms with Crippen LogP contribution in [0.3, 0.4) is 0 Å². The lowest BCUT2D eigenvalue weighted by molar-refractivity contribution is -0.155. The molecular formula is C17H22N2O5. The molecule has 2 rings (SSSR count). The minimum absolute atomic E-state index is 0.159. The minimum atomic E-state index is -1.01. The summed E-state index contributed by atoms with van der Waals surface area (Å²) in [7, 11) is 1.24. The van der Waals surface area contributed by atoms with E-state index in [-0.39, 0.29) is 13.0 Å². The van der Waals surface area contributed by atoms with Gasteiger partial charge in [0, 0.05) is 6.54 Å². The topological polar surface area (TPSA) is 98.9 Å². The van der Waals surface area contributed by atoms with Crippen molar-refractivity contribution in [2.75, 3.05) is 13.7 Å². The van der Waals surface area contributed by atoms with E-state index in [1.165, 1.54) is 12.0 Å². The average Bonchev–Trinajstić information content (AvgIpc) is 3.09. The summed E-state index contributed by atoms with van der Waals surface area (Å²) in [6.45, 7) is 0.589. The second-order valence-corrected chi connectivity index (χ2v) is 5.67. The molecule has 1 saturated heterocycles. The van der Waals surface area contributed by atoms with E-state index < -0.39 is 29.9 Å². The van der Waals surface area contributed by atoms with Gasteiger partial charge in [-0.2, -0.15) is 0 Å². The largest absolute Gasteiger partial charge is 0.469 e. The fourth-order valence-corrected chi connectivity index (χ4v) is 2.66. The third-order valence-electron chi connectivity index (χ3n) is 3.96. The summed E-state index contributed by atoms with van der Waals surface area (Å²) < 4.78 is 9.82. The van der Waals surface area contributed by atoms with Crippen LogP contribution in [0.1, 0.15) is 24.8 Å². The van der Waals surface area contributed by atoms with Gasteiger partial charge in [0.1, 0.15) is 12.6 Å². The Labute approximate surface area is 140 Å². The molecule has 1 aromatic rings.